The van der Waals surface area contributed by atoms with Crippen LogP contribution in [-0.2, 0) is 28.4 Å². The molecule has 2 atom stereocenters. The lowest BCUT2D eigenvalue weighted by Crippen LogP contribution is -2.47. The zero-order valence-electron chi connectivity index (χ0n) is 22.2. The molecule has 0 radical (unpaired) electrons. The van der Waals surface area contributed by atoms with Gasteiger partial charge in [0.2, 0.25) is 0 Å². The summed E-state index contributed by atoms with van der Waals surface area (Å²) in [5.74, 6) is -1.57. The Morgan fingerprint density at radius 2 is 1.59 bits per heavy atom. The van der Waals surface area contributed by atoms with Crippen molar-refractivity contribution in [3.8, 4) is 5.75 Å². The number of alkyl halides is 6. The van der Waals surface area contributed by atoms with Crippen LogP contribution in [-0.4, -0.2) is 55.0 Å². The van der Waals surface area contributed by atoms with Gasteiger partial charge in [-0.05, 0) is 55.7 Å². The van der Waals surface area contributed by atoms with Crippen LogP contribution in [0.1, 0.15) is 58.9 Å². The molecular formula is C26H26F6N2O7. The summed E-state index contributed by atoms with van der Waals surface area (Å²) in [6.45, 7) is 2.36. The first-order valence-electron chi connectivity index (χ1n) is 12.1. The Kier molecular flexibility index (Phi) is 8.98. The molecule has 0 bridgehead atoms. The highest BCUT2D eigenvalue weighted by Crippen LogP contribution is 2.45. The Hall–Kier alpha value is -4.17. The van der Waals surface area contributed by atoms with Crippen molar-refractivity contribution in [1.29, 1.82) is 0 Å². The summed E-state index contributed by atoms with van der Waals surface area (Å²) in [6, 6.07) is 1.42. The van der Waals surface area contributed by atoms with Gasteiger partial charge in [0.25, 0.3) is 0 Å². The second kappa shape index (κ2) is 11.7. The largest absolute Gasteiger partial charge is 0.496 e. The van der Waals surface area contributed by atoms with Crippen LogP contribution < -0.4 is 9.64 Å². The molecule has 1 heterocycles. The molecule has 0 fully saturated rings. The fourth-order valence-electron chi connectivity index (χ4n) is 4.68. The maximum atomic E-state index is 13.5. The molecule has 0 aliphatic carbocycles. The number of anilines is 1. The van der Waals surface area contributed by atoms with Crippen LogP contribution in [0.15, 0.2) is 30.3 Å². The van der Waals surface area contributed by atoms with Crippen LogP contribution in [0.3, 0.4) is 0 Å². The van der Waals surface area contributed by atoms with E-state index >= 15 is 0 Å². The zero-order valence-corrected chi connectivity index (χ0v) is 22.2. The van der Waals surface area contributed by atoms with Crippen molar-refractivity contribution >= 4 is 23.8 Å². The quantitative estimate of drug-likeness (QED) is 0.382. The normalized spacial score (nSPS) is 17.0. The second-order valence-corrected chi connectivity index (χ2v) is 9.10. The van der Waals surface area contributed by atoms with Crippen molar-refractivity contribution in [3.63, 3.8) is 0 Å². The minimum absolute atomic E-state index is 0.00344. The number of fused-ring (bicyclic) bond motifs is 1. The monoisotopic (exact) mass is 592 g/mol. The Labute approximate surface area is 230 Å². The Balaban J connectivity index is 2.24. The number of methoxy groups -OCH3 is 2. The van der Waals surface area contributed by atoms with E-state index in [0.29, 0.717) is 12.1 Å². The number of carboxylic acids is 1. The van der Waals surface area contributed by atoms with Crippen LogP contribution in [0.2, 0.25) is 0 Å². The Morgan fingerprint density at radius 1 is 1.00 bits per heavy atom. The summed E-state index contributed by atoms with van der Waals surface area (Å²) < 4.78 is 96.0. The number of amides is 2. The minimum atomic E-state index is -5.12. The molecule has 9 nitrogen and oxygen atoms in total. The van der Waals surface area contributed by atoms with Crippen LogP contribution in [0.25, 0.3) is 0 Å². The van der Waals surface area contributed by atoms with Crippen LogP contribution in [0.5, 0.6) is 5.75 Å². The fraction of sp³-hybridized carbons (Fsp3) is 0.423. The Morgan fingerprint density at radius 3 is 2.05 bits per heavy atom. The third kappa shape index (κ3) is 6.60. The first-order valence-corrected chi connectivity index (χ1v) is 12.1. The molecule has 41 heavy (non-hydrogen) atoms. The minimum Gasteiger partial charge on any atom is -0.496 e. The van der Waals surface area contributed by atoms with Crippen molar-refractivity contribution < 1.29 is 60.0 Å². The number of halogens is 6. The first kappa shape index (κ1) is 31.4. The van der Waals surface area contributed by atoms with Gasteiger partial charge < -0.3 is 19.3 Å². The lowest BCUT2D eigenvalue weighted by atomic mass is 9.88. The average Bonchev–Trinajstić information content (AvgIpc) is 2.88. The van der Waals surface area contributed by atoms with Gasteiger partial charge in [0.15, 0.2) is 0 Å². The highest BCUT2D eigenvalue weighted by molar-refractivity contribution is 5.96. The van der Waals surface area contributed by atoms with Gasteiger partial charge >= 0.3 is 30.5 Å². The third-order valence-electron chi connectivity index (χ3n) is 6.45. The molecule has 1 aliphatic rings. The van der Waals surface area contributed by atoms with Crippen LogP contribution in [0, 0.1) is 0 Å². The van der Waals surface area contributed by atoms with Crippen molar-refractivity contribution in [2.24, 2.45) is 0 Å². The lowest BCUT2D eigenvalue weighted by Gasteiger charge is -2.42. The zero-order chi connectivity index (χ0) is 30.9. The van der Waals surface area contributed by atoms with E-state index in [1.165, 1.54) is 18.1 Å². The summed E-state index contributed by atoms with van der Waals surface area (Å²) in [4.78, 5) is 39.9. The van der Waals surface area contributed by atoms with Gasteiger partial charge in [-0.15, -0.1) is 0 Å². The molecule has 224 valence electrons. The van der Waals surface area contributed by atoms with Gasteiger partial charge in [-0.1, -0.05) is 0 Å². The summed E-state index contributed by atoms with van der Waals surface area (Å²) in [7, 11) is 2.16. The van der Waals surface area contributed by atoms with Gasteiger partial charge in [0.1, 0.15) is 11.3 Å². The van der Waals surface area contributed by atoms with Gasteiger partial charge in [-0.2, -0.15) is 26.3 Å². The van der Waals surface area contributed by atoms with Gasteiger partial charge in [-0.3, -0.25) is 9.80 Å². The number of rotatable bonds is 6. The smallest absolute Gasteiger partial charge is 0.416 e. The molecule has 1 aliphatic heterocycles. The van der Waals surface area contributed by atoms with E-state index in [9.17, 15) is 45.8 Å². The number of carboxylic acid groups (broad SMARTS) is 1. The van der Waals surface area contributed by atoms with Crippen molar-refractivity contribution in [2.75, 3.05) is 25.7 Å². The van der Waals surface area contributed by atoms with E-state index in [2.05, 4.69) is 0 Å². The van der Waals surface area contributed by atoms with E-state index < -0.39 is 65.8 Å². The molecule has 2 aromatic rings. The number of ether oxygens (including phenoxy) is 3. The third-order valence-corrected chi connectivity index (χ3v) is 6.45. The second-order valence-electron chi connectivity index (χ2n) is 9.10. The van der Waals surface area contributed by atoms with Crippen molar-refractivity contribution in [1.82, 2.24) is 4.90 Å². The summed E-state index contributed by atoms with van der Waals surface area (Å²) in [5.41, 5.74) is -3.89. The van der Waals surface area contributed by atoms with Crippen LogP contribution >= 0.6 is 0 Å². The summed E-state index contributed by atoms with van der Waals surface area (Å²) in [6.07, 6.45) is -12.3. The predicted octanol–water partition coefficient (Wildman–Crippen LogP) is 6.50. The molecule has 15 heteroatoms. The van der Waals surface area contributed by atoms with Crippen LogP contribution in [0.4, 0.5) is 41.6 Å². The highest BCUT2D eigenvalue weighted by Gasteiger charge is 2.42. The number of aromatic carboxylic acids is 1. The molecule has 0 saturated heterocycles. The molecule has 0 aromatic heterocycles. The number of carbonyl (C=O) groups excluding carboxylic acids is 2. The van der Waals surface area contributed by atoms with Crippen molar-refractivity contribution in [2.45, 2.75) is 51.2 Å². The van der Waals surface area contributed by atoms with E-state index in [4.69, 9.17) is 14.2 Å². The summed E-state index contributed by atoms with van der Waals surface area (Å²) >= 11 is 0. The first-order chi connectivity index (χ1) is 19.0. The highest BCUT2D eigenvalue weighted by atomic mass is 19.4. The molecule has 1 N–H and O–H groups in total. The number of benzene rings is 2. The number of hydrogen-bond donors (Lipinski definition) is 1. The number of carbonyl (C=O) groups is 3. The molecular weight excluding hydrogens is 566 g/mol. The molecule has 3 rings (SSSR count). The van der Waals surface area contributed by atoms with Crippen molar-refractivity contribution in [3.05, 3.63) is 58.1 Å². The fourth-order valence-corrected chi connectivity index (χ4v) is 4.68. The molecule has 0 unspecified atom stereocenters. The topological polar surface area (TPSA) is 106 Å². The van der Waals surface area contributed by atoms with E-state index in [-0.39, 0.29) is 41.7 Å². The lowest BCUT2D eigenvalue weighted by molar-refractivity contribution is -0.143. The average molecular weight is 592 g/mol. The number of hydrogen-bond acceptors (Lipinski definition) is 6. The summed E-state index contributed by atoms with van der Waals surface area (Å²) in [5, 5.41) is 9.74. The SMILES string of the molecule is CCOC(=O)N1c2cc(OC)c(C(=O)O)cc2[C@@H](N(Cc2cc(C(F)(F)F)cc(C(F)(F)F)c2)C(=O)OC)C[C@H]1C. The maximum absolute atomic E-state index is 13.5. The van der Waals surface area contributed by atoms with E-state index in [1.807, 2.05) is 0 Å². The Bertz CT molecular complexity index is 1300. The molecule has 0 saturated carbocycles. The van der Waals surface area contributed by atoms with Gasteiger partial charge in [0, 0.05) is 18.7 Å². The number of nitrogens with zero attached hydrogens (tertiary/aromatic N) is 2. The van der Waals surface area contributed by atoms with Gasteiger partial charge in [0.05, 0.1) is 43.7 Å². The van der Waals surface area contributed by atoms with Gasteiger partial charge in [-0.25, -0.2) is 14.4 Å². The molecule has 2 aromatic carbocycles. The maximum Gasteiger partial charge on any atom is 0.416 e. The molecule has 2 amide bonds. The predicted molar refractivity (Wildman–Crippen MR) is 131 cm³/mol. The standard InChI is InChI=1S/C26H26F6N2O7/c1-5-41-24(38)34-13(2)6-19(17-10-18(22(35)36)21(39-3)11-20(17)34)33(23(37)40-4)12-14-7-15(25(27,28)29)9-16(8-14)26(30,31)32/h7-11,13,19H,5-6,12H2,1-4H3,(H,35,36)/t13-,19+/m1/s1. The molecule has 0 spiro atoms. The van der Waals surface area contributed by atoms with E-state index in [0.717, 1.165) is 18.1 Å². The van der Waals surface area contributed by atoms with E-state index in [1.54, 1.807) is 13.8 Å².